The highest BCUT2D eigenvalue weighted by Gasteiger charge is 2.42. The summed E-state index contributed by atoms with van der Waals surface area (Å²) in [4.78, 5) is 14.6. The summed E-state index contributed by atoms with van der Waals surface area (Å²) in [5.74, 6) is -1.41. The maximum atomic E-state index is 15.7. The minimum atomic E-state index is -3.83. The van der Waals surface area contributed by atoms with Crippen LogP contribution in [0, 0.1) is 11.6 Å². The number of aliphatic hydroxyl groups excluding tert-OH is 1. The van der Waals surface area contributed by atoms with Gasteiger partial charge in [0.15, 0.2) is 0 Å². The number of hydrogen-bond donors (Lipinski definition) is 2. The summed E-state index contributed by atoms with van der Waals surface area (Å²) in [5, 5.41) is 13.2. The molecule has 200 valence electrons. The molecule has 11 heteroatoms. The molecule has 1 aliphatic rings. The molecule has 3 atom stereocenters. The Bertz CT molecular complexity index is 1420. The van der Waals surface area contributed by atoms with Crippen LogP contribution in [0.5, 0.6) is 0 Å². The van der Waals surface area contributed by atoms with Crippen LogP contribution in [-0.2, 0) is 29.0 Å². The van der Waals surface area contributed by atoms with E-state index in [-0.39, 0.29) is 49.0 Å². The molecule has 0 radical (unpaired) electrons. The summed E-state index contributed by atoms with van der Waals surface area (Å²) in [6.07, 6.45) is 1.26. The first-order chi connectivity index (χ1) is 17.5. The van der Waals surface area contributed by atoms with Crippen molar-refractivity contribution in [3.8, 4) is 0 Å². The van der Waals surface area contributed by atoms with Crippen LogP contribution < -0.4 is 5.69 Å². The Labute approximate surface area is 215 Å². The number of rotatable bonds is 8. The van der Waals surface area contributed by atoms with Gasteiger partial charge in [0.2, 0.25) is 10.0 Å². The van der Waals surface area contributed by atoms with Crippen molar-refractivity contribution in [3.05, 3.63) is 87.1 Å². The van der Waals surface area contributed by atoms with Crippen LogP contribution in [0.25, 0.3) is 0 Å². The topological polar surface area (TPSA) is 108 Å². The lowest BCUT2D eigenvalue weighted by Gasteiger charge is -2.37. The van der Waals surface area contributed by atoms with Gasteiger partial charge in [0, 0.05) is 37.4 Å². The lowest BCUT2D eigenvalue weighted by atomic mass is 9.74. The predicted octanol–water partition coefficient (Wildman–Crippen LogP) is 3.52. The summed E-state index contributed by atoms with van der Waals surface area (Å²) in [5.41, 5.74) is -1.27. The Morgan fingerprint density at radius 3 is 2.46 bits per heavy atom. The second kappa shape index (κ2) is 10.5. The van der Waals surface area contributed by atoms with Crippen LogP contribution in [0.3, 0.4) is 0 Å². The largest absolute Gasteiger partial charge is 0.396 e. The molecule has 4 rings (SSSR count). The Balaban J connectivity index is 1.73. The first kappa shape index (κ1) is 27.2. The molecule has 0 saturated carbocycles. The maximum absolute atomic E-state index is 15.7. The van der Waals surface area contributed by atoms with Gasteiger partial charge >= 0.3 is 5.69 Å². The average molecular weight is 535 g/mol. The van der Waals surface area contributed by atoms with E-state index in [9.17, 15) is 18.3 Å². The summed E-state index contributed by atoms with van der Waals surface area (Å²) >= 11 is 0. The van der Waals surface area contributed by atoms with Crippen molar-refractivity contribution >= 4 is 10.0 Å². The number of hydrogen-bond acceptors (Lipinski definition) is 5. The van der Waals surface area contributed by atoms with E-state index in [0.717, 1.165) is 16.8 Å². The summed E-state index contributed by atoms with van der Waals surface area (Å²) in [6.45, 7) is 2.84. The van der Waals surface area contributed by atoms with E-state index in [1.165, 1.54) is 11.4 Å². The SMILES string of the molecule is CCC(CCO)(c1nn(C)c(=O)[nH]1)c1cc(F)c(CN2[C@@H](C)CCC(c3ccccc3)S2(=O)=O)cc1F. The van der Waals surface area contributed by atoms with Crippen molar-refractivity contribution in [2.75, 3.05) is 6.61 Å². The standard InChI is InChI=1S/C26H32F2N4O4S/c1-4-26(12-13-33,24-29-25(34)31(3)30-24)20-15-21(27)19(14-22(20)28)16-32-17(2)10-11-23(37(32,35)36)18-8-6-5-7-9-18/h5-9,14-15,17,23,33H,4,10-13,16H2,1-3H3,(H,29,30,34)/t17-,23?,26?/m0/s1. The summed E-state index contributed by atoms with van der Waals surface area (Å²) in [6, 6.07) is 10.6. The molecule has 0 aliphatic carbocycles. The van der Waals surface area contributed by atoms with Gasteiger partial charge in [-0.15, -0.1) is 0 Å². The summed E-state index contributed by atoms with van der Waals surface area (Å²) in [7, 11) is -2.40. The van der Waals surface area contributed by atoms with Crippen LogP contribution in [0.4, 0.5) is 8.78 Å². The van der Waals surface area contributed by atoms with Gasteiger partial charge in [0.1, 0.15) is 22.7 Å². The third-order valence-electron chi connectivity index (χ3n) is 7.54. The molecule has 0 amide bonds. The number of nitrogens with zero attached hydrogens (tertiary/aromatic N) is 3. The molecule has 1 fully saturated rings. The second-order valence-corrected chi connectivity index (χ2v) is 11.7. The smallest absolute Gasteiger partial charge is 0.343 e. The summed E-state index contributed by atoms with van der Waals surface area (Å²) < 4.78 is 60.6. The van der Waals surface area contributed by atoms with Crippen LogP contribution in [0.15, 0.2) is 47.3 Å². The number of halogens is 2. The normalized spacial score (nSPS) is 21.6. The highest BCUT2D eigenvalue weighted by atomic mass is 32.2. The molecular formula is C26H32F2N4O4S. The van der Waals surface area contributed by atoms with E-state index in [0.29, 0.717) is 18.4 Å². The molecule has 3 aromatic rings. The van der Waals surface area contributed by atoms with Crippen LogP contribution >= 0.6 is 0 Å². The number of aryl methyl sites for hydroxylation is 1. The minimum Gasteiger partial charge on any atom is -0.396 e. The molecule has 2 unspecified atom stereocenters. The van der Waals surface area contributed by atoms with Crippen molar-refractivity contribution in [1.82, 2.24) is 19.1 Å². The monoisotopic (exact) mass is 534 g/mol. The van der Waals surface area contributed by atoms with Crippen LogP contribution in [0.2, 0.25) is 0 Å². The zero-order chi connectivity index (χ0) is 27.0. The third kappa shape index (κ3) is 4.87. The number of aromatic amines is 1. The van der Waals surface area contributed by atoms with Crippen molar-refractivity contribution in [3.63, 3.8) is 0 Å². The number of aromatic nitrogens is 3. The van der Waals surface area contributed by atoms with Gasteiger partial charge in [-0.3, -0.25) is 4.98 Å². The molecule has 0 bridgehead atoms. The van der Waals surface area contributed by atoms with E-state index in [1.54, 1.807) is 38.1 Å². The number of nitrogens with one attached hydrogen (secondary N) is 1. The molecule has 1 aromatic heterocycles. The van der Waals surface area contributed by atoms with Crippen molar-refractivity contribution in [2.45, 2.75) is 62.8 Å². The van der Waals surface area contributed by atoms with Gasteiger partial charge < -0.3 is 5.11 Å². The molecule has 2 heterocycles. The van der Waals surface area contributed by atoms with Crippen molar-refractivity contribution in [1.29, 1.82) is 0 Å². The average Bonchev–Trinajstić information content (AvgIpc) is 3.21. The maximum Gasteiger partial charge on any atom is 0.343 e. The molecule has 1 saturated heterocycles. The van der Waals surface area contributed by atoms with E-state index in [1.807, 2.05) is 6.07 Å². The highest BCUT2D eigenvalue weighted by Crippen LogP contribution is 2.41. The van der Waals surface area contributed by atoms with Gasteiger partial charge in [-0.2, -0.15) is 9.40 Å². The number of sulfonamides is 1. The first-order valence-electron chi connectivity index (χ1n) is 12.3. The first-order valence-corrected chi connectivity index (χ1v) is 13.8. The second-order valence-electron chi connectivity index (χ2n) is 9.65. The fraction of sp³-hybridized carbons (Fsp3) is 0.462. The zero-order valence-corrected chi connectivity index (χ0v) is 21.9. The molecule has 0 spiro atoms. The van der Waals surface area contributed by atoms with E-state index in [2.05, 4.69) is 10.1 Å². The van der Waals surface area contributed by atoms with E-state index >= 15 is 8.78 Å². The Kier molecular flexibility index (Phi) is 7.68. The van der Waals surface area contributed by atoms with Gasteiger partial charge in [-0.05, 0) is 50.3 Å². The fourth-order valence-electron chi connectivity index (χ4n) is 5.32. The number of benzene rings is 2. The Morgan fingerprint density at radius 2 is 1.86 bits per heavy atom. The Hall–Kier alpha value is -2.89. The molecule has 37 heavy (non-hydrogen) atoms. The van der Waals surface area contributed by atoms with Gasteiger partial charge in [-0.1, -0.05) is 37.3 Å². The third-order valence-corrected chi connectivity index (χ3v) is 9.91. The number of aliphatic hydroxyl groups is 1. The zero-order valence-electron chi connectivity index (χ0n) is 21.1. The predicted molar refractivity (Wildman–Crippen MR) is 135 cm³/mol. The van der Waals surface area contributed by atoms with Gasteiger partial charge in [0.25, 0.3) is 0 Å². The van der Waals surface area contributed by atoms with Crippen molar-refractivity contribution in [2.24, 2.45) is 7.05 Å². The van der Waals surface area contributed by atoms with Gasteiger partial charge in [0.05, 0.1) is 5.41 Å². The number of H-pyrrole nitrogens is 1. The van der Waals surface area contributed by atoms with E-state index < -0.39 is 38.0 Å². The van der Waals surface area contributed by atoms with Gasteiger partial charge in [-0.25, -0.2) is 26.7 Å². The molecule has 2 aromatic carbocycles. The van der Waals surface area contributed by atoms with Crippen LogP contribution in [-0.4, -0.2) is 45.2 Å². The van der Waals surface area contributed by atoms with Crippen molar-refractivity contribution < 1.29 is 22.3 Å². The quantitative estimate of drug-likeness (QED) is 0.460. The molecule has 8 nitrogen and oxygen atoms in total. The van der Waals surface area contributed by atoms with Crippen LogP contribution in [0.1, 0.15) is 67.3 Å². The molecule has 2 N–H and O–H groups in total. The lowest BCUT2D eigenvalue weighted by molar-refractivity contribution is 0.242. The molecule has 1 aliphatic heterocycles. The lowest BCUT2D eigenvalue weighted by Crippen LogP contribution is -2.45. The minimum absolute atomic E-state index is 0.00243. The van der Waals surface area contributed by atoms with E-state index in [4.69, 9.17) is 0 Å². The Morgan fingerprint density at radius 1 is 1.16 bits per heavy atom. The fourth-order valence-corrected chi connectivity index (χ4v) is 7.51. The highest BCUT2D eigenvalue weighted by molar-refractivity contribution is 7.89. The molecular weight excluding hydrogens is 502 g/mol.